The van der Waals surface area contributed by atoms with Crippen LogP contribution in [-0.2, 0) is 16.6 Å². The van der Waals surface area contributed by atoms with Crippen molar-refractivity contribution in [2.45, 2.75) is 57.0 Å². The van der Waals surface area contributed by atoms with Crippen LogP contribution in [0.25, 0.3) is 0 Å². The van der Waals surface area contributed by atoms with Crippen molar-refractivity contribution in [2.24, 2.45) is 5.73 Å². The lowest BCUT2D eigenvalue weighted by Crippen LogP contribution is -2.43. The molecule has 2 rings (SSSR count). The molecule has 0 aliphatic carbocycles. The minimum absolute atomic E-state index is 0.142. The van der Waals surface area contributed by atoms with Crippen LogP contribution in [0, 0.1) is 6.92 Å². The molecule has 0 saturated carbocycles. The van der Waals surface area contributed by atoms with Gasteiger partial charge >= 0.3 is 0 Å². The summed E-state index contributed by atoms with van der Waals surface area (Å²) >= 11 is 1.45. The molecule has 108 valence electrons. The molecule has 2 N–H and O–H groups in total. The Bertz CT molecular complexity index is 537. The van der Waals surface area contributed by atoms with E-state index in [2.05, 4.69) is 6.92 Å². The van der Waals surface area contributed by atoms with E-state index in [1.54, 1.807) is 4.31 Å². The lowest BCUT2D eigenvalue weighted by atomic mass is 10.0. The lowest BCUT2D eigenvalue weighted by Gasteiger charge is -2.34. The van der Waals surface area contributed by atoms with E-state index in [0.717, 1.165) is 36.1 Å². The molecule has 0 spiro atoms. The summed E-state index contributed by atoms with van der Waals surface area (Å²) < 4.78 is 27.5. The molecule has 0 bridgehead atoms. The summed E-state index contributed by atoms with van der Waals surface area (Å²) in [6.07, 6.45) is 3.92. The van der Waals surface area contributed by atoms with Crippen molar-refractivity contribution >= 4 is 21.4 Å². The monoisotopic (exact) mass is 302 g/mol. The molecule has 1 aliphatic heterocycles. The molecule has 0 aromatic carbocycles. The number of thiophene rings is 1. The van der Waals surface area contributed by atoms with Gasteiger partial charge in [-0.05, 0) is 37.1 Å². The number of piperidine rings is 1. The minimum atomic E-state index is -3.39. The fourth-order valence-corrected chi connectivity index (χ4v) is 6.21. The van der Waals surface area contributed by atoms with Crippen LogP contribution in [0.1, 0.15) is 43.0 Å². The number of sulfonamides is 1. The zero-order valence-corrected chi connectivity index (χ0v) is 13.2. The number of nitrogens with zero attached hydrogens (tertiary/aromatic N) is 1. The minimum Gasteiger partial charge on any atom is -0.326 e. The first-order valence-electron chi connectivity index (χ1n) is 6.81. The first kappa shape index (κ1) is 15.0. The second-order valence-electron chi connectivity index (χ2n) is 5.05. The third-order valence-electron chi connectivity index (χ3n) is 3.79. The third-order valence-corrected chi connectivity index (χ3v) is 7.22. The zero-order chi connectivity index (χ0) is 14.0. The average molecular weight is 302 g/mol. The topological polar surface area (TPSA) is 63.4 Å². The van der Waals surface area contributed by atoms with E-state index < -0.39 is 10.0 Å². The number of aryl methyl sites for hydroxylation is 1. The van der Waals surface area contributed by atoms with E-state index in [9.17, 15) is 8.42 Å². The normalized spacial score (nSPS) is 21.7. The lowest BCUT2D eigenvalue weighted by molar-refractivity contribution is 0.246. The summed E-state index contributed by atoms with van der Waals surface area (Å²) in [4.78, 5) is 1.23. The number of hydrogen-bond donors (Lipinski definition) is 1. The molecular weight excluding hydrogens is 280 g/mol. The maximum atomic E-state index is 12.9. The fraction of sp³-hybridized carbons (Fsp3) is 0.692. The summed E-state index contributed by atoms with van der Waals surface area (Å²) in [6, 6.07) is 0.142. The summed E-state index contributed by atoms with van der Waals surface area (Å²) in [5.41, 5.74) is 6.51. The van der Waals surface area contributed by atoms with Gasteiger partial charge in [-0.3, -0.25) is 0 Å². The van der Waals surface area contributed by atoms with Crippen molar-refractivity contribution in [1.29, 1.82) is 0 Å². The Hall–Kier alpha value is -0.430. The smallest absolute Gasteiger partial charge is 0.244 e. The Labute approximate surface area is 119 Å². The van der Waals surface area contributed by atoms with E-state index in [-0.39, 0.29) is 12.6 Å². The van der Waals surface area contributed by atoms with Gasteiger partial charge in [0.2, 0.25) is 10.0 Å². The summed E-state index contributed by atoms with van der Waals surface area (Å²) in [6.45, 7) is 4.84. The van der Waals surface area contributed by atoms with Crippen LogP contribution in [0.5, 0.6) is 0 Å². The molecule has 2 heterocycles. The van der Waals surface area contributed by atoms with Crippen molar-refractivity contribution in [3.8, 4) is 0 Å². The summed E-state index contributed by atoms with van der Waals surface area (Å²) in [5, 5.41) is 1.89. The van der Waals surface area contributed by atoms with Gasteiger partial charge in [-0.25, -0.2) is 8.42 Å². The van der Waals surface area contributed by atoms with Crippen molar-refractivity contribution < 1.29 is 8.42 Å². The van der Waals surface area contributed by atoms with Crippen molar-refractivity contribution in [2.75, 3.05) is 6.54 Å². The maximum Gasteiger partial charge on any atom is 0.244 e. The highest BCUT2D eigenvalue weighted by Crippen LogP contribution is 2.33. The van der Waals surface area contributed by atoms with Crippen LogP contribution in [0.15, 0.2) is 10.3 Å². The highest BCUT2D eigenvalue weighted by atomic mass is 32.2. The molecule has 4 nitrogen and oxygen atoms in total. The molecule has 1 atom stereocenters. The average Bonchev–Trinajstić information content (AvgIpc) is 2.80. The predicted molar refractivity (Wildman–Crippen MR) is 78.8 cm³/mol. The van der Waals surface area contributed by atoms with E-state index in [1.807, 2.05) is 12.3 Å². The number of nitrogens with two attached hydrogens (primary N) is 1. The summed E-state index contributed by atoms with van der Waals surface area (Å²) in [7, 11) is -3.39. The van der Waals surface area contributed by atoms with Gasteiger partial charge in [-0.1, -0.05) is 13.3 Å². The van der Waals surface area contributed by atoms with Gasteiger partial charge < -0.3 is 5.73 Å². The molecule has 1 aliphatic rings. The van der Waals surface area contributed by atoms with Crippen molar-refractivity contribution in [3.05, 3.63) is 15.8 Å². The largest absolute Gasteiger partial charge is 0.326 e. The van der Waals surface area contributed by atoms with Crippen LogP contribution in [0.3, 0.4) is 0 Å². The molecule has 6 heteroatoms. The van der Waals surface area contributed by atoms with Crippen molar-refractivity contribution in [1.82, 2.24) is 4.31 Å². The van der Waals surface area contributed by atoms with Gasteiger partial charge in [0.15, 0.2) is 0 Å². The van der Waals surface area contributed by atoms with Crippen LogP contribution < -0.4 is 5.73 Å². The van der Waals surface area contributed by atoms with Crippen LogP contribution in [0.4, 0.5) is 0 Å². The van der Waals surface area contributed by atoms with Crippen LogP contribution >= 0.6 is 11.3 Å². The fourth-order valence-electron chi connectivity index (χ4n) is 2.79. The second kappa shape index (κ2) is 5.91. The van der Waals surface area contributed by atoms with E-state index in [0.29, 0.717) is 11.4 Å². The molecule has 0 amide bonds. The summed E-state index contributed by atoms with van der Waals surface area (Å²) in [5.74, 6) is 0. The molecule has 1 unspecified atom stereocenters. The highest BCUT2D eigenvalue weighted by Gasteiger charge is 2.35. The van der Waals surface area contributed by atoms with Gasteiger partial charge in [0, 0.05) is 24.0 Å². The third kappa shape index (κ3) is 2.72. The molecule has 1 saturated heterocycles. The number of rotatable bonds is 4. The highest BCUT2D eigenvalue weighted by molar-refractivity contribution is 7.89. The first-order chi connectivity index (χ1) is 9.02. The van der Waals surface area contributed by atoms with Gasteiger partial charge in [0.1, 0.15) is 4.90 Å². The van der Waals surface area contributed by atoms with Crippen LogP contribution in [-0.4, -0.2) is 25.3 Å². The first-order valence-corrected chi connectivity index (χ1v) is 9.13. The van der Waals surface area contributed by atoms with Gasteiger partial charge in [-0.15, -0.1) is 11.3 Å². The Morgan fingerprint density at radius 2 is 2.21 bits per heavy atom. The molecular formula is C13H22N2O2S2. The molecule has 1 fully saturated rings. The Morgan fingerprint density at radius 1 is 1.47 bits per heavy atom. The van der Waals surface area contributed by atoms with E-state index >= 15 is 0 Å². The van der Waals surface area contributed by atoms with Crippen molar-refractivity contribution in [3.63, 3.8) is 0 Å². The van der Waals surface area contributed by atoms with E-state index in [1.165, 1.54) is 11.3 Å². The van der Waals surface area contributed by atoms with E-state index in [4.69, 9.17) is 5.73 Å². The second-order valence-corrected chi connectivity index (χ2v) is 7.84. The molecule has 1 aromatic heterocycles. The Balaban J connectivity index is 2.43. The quantitative estimate of drug-likeness (QED) is 0.929. The van der Waals surface area contributed by atoms with Gasteiger partial charge in [-0.2, -0.15) is 4.31 Å². The van der Waals surface area contributed by atoms with Crippen LogP contribution in [0.2, 0.25) is 0 Å². The Kier molecular flexibility index (Phi) is 4.66. The molecule has 19 heavy (non-hydrogen) atoms. The molecule has 0 radical (unpaired) electrons. The zero-order valence-electron chi connectivity index (χ0n) is 11.6. The maximum absolute atomic E-state index is 12.9. The van der Waals surface area contributed by atoms with Gasteiger partial charge in [0.05, 0.1) is 0 Å². The Morgan fingerprint density at radius 3 is 2.84 bits per heavy atom. The van der Waals surface area contributed by atoms with Gasteiger partial charge in [0.25, 0.3) is 0 Å². The number of hydrogen-bond acceptors (Lipinski definition) is 4. The standard InChI is InChI=1S/C13H22N2O2S2/c1-3-11-6-4-5-7-15(11)19(16,17)13-10(2)9-18-12(13)8-14/h9,11H,3-8,14H2,1-2H3. The predicted octanol–water partition coefficient (Wildman–Crippen LogP) is 2.47. The molecule has 1 aromatic rings. The SMILES string of the molecule is CCC1CCCCN1S(=O)(=O)c1c(C)csc1CN.